The first-order chi connectivity index (χ1) is 13.2. The van der Waals surface area contributed by atoms with Crippen molar-refractivity contribution in [1.82, 2.24) is 14.9 Å². The van der Waals surface area contributed by atoms with Crippen molar-refractivity contribution < 1.29 is 14.3 Å². The van der Waals surface area contributed by atoms with Gasteiger partial charge in [0.05, 0.1) is 24.6 Å². The summed E-state index contributed by atoms with van der Waals surface area (Å²) in [7, 11) is 0. The number of fused-ring (bicyclic) bond motifs is 1. The van der Waals surface area contributed by atoms with Crippen molar-refractivity contribution in [2.45, 2.75) is 37.9 Å². The number of amides is 1. The fourth-order valence-electron chi connectivity index (χ4n) is 4.30. The molecule has 1 amide bonds. The molecule has 2 aliphatic heterocycles. The molecular weight excluding hydrogens is 362 g/mol. The number of aromatic nitrogens is 2. The number of rotatable bonds is 2. The van der Waals surface area contributed by atoms with E-state index >= 15 is 0 Å². The smallest absolute Gasteiger partial charge is 0.226 e. The molecule has 142 valence electrons. The van der Waals surface area contributed by atoms with E-state index in [4.69, 9.17) is 14.5 Å². The van der Waals surface area contributed by atoms with Crippen molar-refractivity contribution in [3.05, 3.63) is 35.0 Å². The van der Waals surface area contributed by atoms with Crippen molar-refractivity contribution in [2.24, 2.45) is 5.92 Å². The number of carbonyl (C=O) groups is 1. The summed E-state index contributed by atoms with van der Waals surface area (Å²) in [6.45, 7) is 2.79. The van der Waals surface area contributed by atoms with Crippen LogP contribution in [0.25, 0.3) is 10.7 Å². The van der Waals surface area contributed by atoms with E-state index in [1.54, 1.807) is 17.5 Å². The minimum Gasteiger partial charge on any atom is -0.347 e. The SMILES string of the molecule is O=C(C1CCc2nc(-c3ccccn3)sc2C1)N1CCC2(CC1)OCCO2. The summed E-state index contributed by atoms with van der Waals surface area (Å²) in [5.74, 6) is -0.0820. The monoisotopic (exact) mass is 385 g/mol. The number of thiazole rings is 1. The fraction of sp³-hybridized carbons (Fsp3) is 0.550. The number of aryl methyl sites for hydroxylation is 1. The molecule has 0 aromatic carbocycles. The molecule has 0 bridgehead atoms. The van der Waals surface area contributed by atoms with E-state index < -0.39 is 5.79 Å². The number of pyridine rings is 1. The first-order valence-electron chi connectivity index (χ1n) is 9.69. The summed E-state index contributed by atoms with van der Waals surface area (Å²) in [5, 5.41) is 0.962. The molecular formula is C20H23N3O3S. The maximum absolute atomic E-state index is 13.1. The number of ether oxygens (including phenoxy) is 2. The van der Waals surface area contributed by atoms with E-state index in [1.165, 1.54) is 4.88 Å². The minimum atomic E-state index is -0.425. The van der Waals surface area contributed by atoms with E-state index in [2.05, 4.69) is 4.98 Å². The molecule has 1 unspecified atom stereocenters. The minimum absolute atomic E-state index is 0.0639. The van der Waals surface area contributed by atoms with E-state index in [9.17, 15) is 4.79 Å². The Morgan fingerprint density at radius 2 is 2.04 bits per heavy atom. The lowest BCUT2D eigenvalue weighted by molar-refractivity contribution is -0.188. The van der Waals surface area contributed by atoms with E-state index in [0.29, 0.717) is 13.2 Å². The van der Waals surface area contributed by atoms with Crippen molar-refractivity contribution in [3.63, 3.8) is 0 Å². The first kappa shape index (κ1) is 17.3. The van der Waals surface area contributed by atoms with E-state index in [0.717, 1.165) is 61.6 Å². The van der Waals surface area contributed by atoms with Gasteiger partial charge in [-0.3, -0.25) is 9.78 Å². The van der Waals surface area contributed by atoms with E-state index in [-0.39, 0.29) is 11.8 Å². The quantitative estimate of drug-likeness (QED) is 0.795. The second-order valence-corrected chi connectivity index (χ2v) is 8.56. The second kappa shape index (κ2) is 6.96. The standard InChI is InChI=1S/C20H23N3O3S/c24-19(23-9-6-20(7-10-23)25-11-12-26-20)14-4-5-15-17(13-14)27-18(22-15)16-3-1-2-8-21-16/h1-3,8,14H,4-7,9-13H2. The molecule has 2 aromatic rings. The second-order valence-electron chi connectivity index (χ2n) is 7.48. The molecule has 27 heavy (non-hydrogen) atoms. The molecule has 0 radical (unpaired) electrons. The summed E-state index contributed by atoms with van der Waals surface area (Å²) in [4.78, 5) is 25.5. The van der Waals surface area contributed by atoms with Gasteiger partial charge in [-0.2, -0.15) is 0 Å². The van der Waals surface area contributed by atoms with Crippen LogP contribution in [0.5, 0.6) is 0 Å². The lowest BCUT2D eigenvalue weighted by Gasteiger charge is -2.39. The topological polar surface area (TPSA) is 64.6 Å². The Balaban J connectivity index is 1.25. The van der Waals surface area contributed by atoms with Crippen LogP contribution in [0, 0.1) is 5.92 Å². The van der Waals surface area contributed by atoms with Crippen LogP contribution >= 0.6 is 11.3 Å². The predicted octanol–water partition coefficient (Wildman–Crippen LogP) is 2.68. The average Bonchev–Trinajstić information content (AvgIpc) is 3.35. The third kappa shape index (κ3) is 3.28. The Labute approximate surface area is 162 Å². The molecule has 6 nitrogen and oxygen atoms in total. The van der Waals surface area contributed by atoms with Crippen LogP contribution in [0.1, 0.15) is 29.8 Å². The van der Waals surface area contributed by atoms with Gasteiger partial charge in [-0.25, -0.2) is 4.98 Å². The van der Waals surface area contributed by atoms with Gasteiger partial charge in [-0.05, 0) is 31.4 Å². The fourth-order valence-corrected chi connectivity index (χ4v) is 5.46. The largest absolute Gasteiger partial charge is 0.347 e. The Kier molecular flexibility index (Phi) is 4.46. The molecule has 7 heteroatoms. The molecule has 2 saturated heterocycles. The van der Waals surface area contributed by atoms with Crippen LogP contribution in [0.3, 0.4) is 0 Å². The third-order valence-electron chi connectivity index (χ3n) is 5.82. The summed E-state index contributed by atoms with van der Waals surface area (Å²) in [5.41, 5.74) is 2.06. The Morgan fingerprint density at radius 3 is 2.78 bits per heavy atom. The zero-order chi connectivity index (χ0) is 18.3. The van der Waals surface area contributed by atoms with Gasteiger partial charge in [-0.1, -0.05) is 6.07 Å². The maximum atomic E-state index is 13.1. The third-order valence-corrected chi connectivity index (χ3v) is 6.97. The van der Waals surface area contributed by atoms with Gasteiger partial charge < -0.3 is 14.4 Å². The highest BCUT2D eigenvalue weighted by Gasteiger charge is 2.42. The number of hydrogen-bond acceptors (Lipinski definition) is 6. The molecule has 1 aliphatic carbocycles. The van der Waals surface area contributed by atoms with Crippen molar-refractivity contribution in [3.8, 4) is 10.7 Å². The van der Waals surface area contributed by atoms with Crippen LogP contribution in [0.4, 0.5) is 0 Å². The highest BCUT2D eigenvalue weighted by atomic mass is 32.1. The van der Waals surface area contributed by atoms with Gasteiger partial charge in [0, 0.05) is 42.9 Å². The summed E-state index contributed by atoms with van der Waals surface area (Å²) >= 11 is 1.69. The van der Waals surface area contributed by atoms with Crippen LogP contribution in [-0.2, 0) is 27.1 Å². The van der Waals surface area contributed by atoms with Crippen LogP contribution in [0.15, 0.2) is 24.4 Å². The molecule has 1 spiro atoms. The molecule has 3 aliphatic rings. The molecule has 5 rings (SSSR count). The van der Waals surface area contributed by atoms with Gasteiger partial charge in [0.25, 0.3) is 0 Å². The van der Waals surface area contributed by atoms with Crippen LogP contribution in [0.2, 0.25) is 0 Å². The predicted molar refractivity (Wildman–Crippen MR) is 101 cm³/mol. The highest BCUT2D eigenvalue weighted by molar-refractivity contribution is 7.15. The lowest BCUT2D eigenvalue weighted by atomic mass is 9.89. The number of nitrogens with zero attached hydrogens (tertiary/aromatic N) is 3. The number of hydrogen-bond donors (Lipinski definition) is 0. The van der Waals surface area contributed by atoms with Crippen molar-refractivity contribution in [1.29, 1.82) is 0 Å². The van der Waals surface area contributed by atoms with Gasteiger partial charge in [0.1, 0.15) is 5.01 Å². The van der Waals surface area contributed by atoms with Gasteiger partial charge in [-0.15, -0.1) is 11.3 Å². The average molecular weight is 385 g/mol. The highest BCUT2D eigenvalue weighted by Crippen LogP contribution is 2.36. The van der Waals surface area contributed by atoms with Gasteiger partial charge >= 0.3 is 0 Å². The van der Waals surface area contributed by atoms with Crippen LogP contribution in [-0.4, -0.2) is 52.9 Å². The Bertz CT molecular complexity index is 822. The molecule has 0 N–H and O–H groups in total. The van der Waals surface area contributed by atoms with Gasteiger partial charge in [0.15, 0.2) is 5.79 Å². The van der Waals surface area contributed by atoms with Crippen molar-refractivity contribution in [2.75, 3.05) is 26.3 Å². The normalized spacial score (nSPS) is 24.1. The molecule has 1 atom stereocenters. The molecule has 4 heterocycles. The number of likely N-dealkylation sites (tertiary alicyclic amines) is 1. The van der Waals surface area contributed by atoms with Gasteiger partial charge in [0.2, 0.25) is 5.91 Å². The molecule has 0 saturated carbocycles. The summed E-state index contributed by atoms with van der Waals surface area (Å²) in [6.07, 6.45) is 5.91. The Morgan fingerprint density at radius 1 is 1.22 bits per heavy atom. The molecule has 2 fully saturated rings. The number of piperidine rings is 1. The lowest BCUT2D eigenvalue weighted by Crippen LogP contribution is -2.49. The molecule has 2 aromatic heterocycles. The zero-order valence-electron chi connectivity index (χ0n) is 15.2. The number of carbonyl (C=O) groups excluding carboxylic acids is 1. The summed E-state index contributed by atoms with van der Waals surface area (Å²) < 4.78 is 11.5. The van der Waals surface area contributed by atoms with Crippen LogP contribution < -0.4 is 0 Å². The van der Waals surface area contributed by atoms with Crippen molar-refractivity contribution >= 4 is 17.2 Å². The Hall–Kier alpha value is -1.83. The summed E-state index contributed by atoms with van der Waals surface area (Å²) in [6, 6.07) is 5.88. The van der Waals surface area contributed by atoms with E-state index in [1.807, 2.05) is 23.1 Å². The first-order valence-corrected chi connectivity index (χ1v) is 10.5. The zero-order valence-corrected chi connectivity index (χ0v) is 16.0. The maximum Gasteiger partial charge on any atom is 0.226 e.